The van der Waals surface area contributed by atoms with Crippen LogP contribution in [0.1, 0.15) is 16.3 Å². The second-order valence-electron chi connectivity index (χ2n) is 3.56. The standard InChI is InChI=1S/C11H13N3O3/c1-17-11(16)10-8-6-7(12)2-4-14(8)9(13-10)3-5-15/h2,4,6,15H,3,5,12H2,1H3. The number of aliphatic hydroxyl groups is 1. The van der Waals surface area contributed by atoms with E-state index in [1.165, 1.54) is 7.11 Å². The van der Waals surface area contributed by atoms with Gasteiger partial charge in [0.2, 0.25) is 0 Å². The second kappa shape index (κ2) is 4.42. The number of anilines is 1. The van der Waals surface area contributed by atoms with Crippen molar-refractivity contribution < 1.29 is 14.6 Å². The fraction of sp³-hybridized carbons (Fsp3) is 0.273. The number of aromatic nitrogens is 2. The molecule has 0 unspecified atom stereocenters. The molecule has 0 saturated heterocycles. The molecule has 17 heavy (non-hydrogen) atoms. The number of nitrogens with two attached hydrogens (primary N) is 1. The Labute approximate surface area is 97.6 Å². The van der Waals surface area contributed by atoms with Crippen LogP contribution in [0.2, 0.25) is 0 Å². The molecule has 0 aliphatic rings. The first kappa shape index (κ1) is 11.4. The minimum absolute atomic E-state index is 0.0376. The fourth-order valence-electron chi connectivity index (χ4n) is 1.69. The number of rotatable bonds is 3. The second-order valence-corrected chi connectivity index (χ2v) is 3.56. The molecule has 0 spiro atoms. The molecule has 90 valence electrons. The van der Waals surface area contributed by atoms with E-state index >= 15 is 0 Å². The molecule has 6 heteroatoms. The smallest absolute Gasteiger partial charge is 0.358 e. The van der Waals surface area contributed by atoms with Crippen LogP contribution in [-0.2, 0) is 11.2 Å². The SMILES string of the molecule is COC(=O)c1nc(CCO)n2ccc(N)cc12. The topological polar surface area (TPSA) is 89.8 Å². The van der Waals surface area contributed by atoms with Gasteiger partial charge in [-0.25, -0.2) is 9.78 Å². The minimum atomic E-state index is -0.516. The summed E-state index contributed by atoms with van der Waals surface area (Å²) in [7, 11) is 1.30. The van der Waals surface area contributed by atoms with Gasteiger partial charge in [-0.1, -0.05) is 0 Å². The van der Waals surface area contributed by atoms with Crippen LogP contribution in [0, 0.1) is 0 Å². The third kappa shape index (κ3) is 1.94. The van der Waals surface area contributed by atoms with Gasteiger partial charge in [-0.05, 0) is 12.1 Å². The first-order valence-electron chi connectivity index (χ1n) is 5.13. The van der Waals surface area contributed by atoms with E-state index in [2.05, 4.69) is 9.72 Å². The first-order valence-corrected chi connectivity index (χ1v) is 5.13. The zero-order chi connectivity index (χ0) is 12.4. The molecule has 6 nitrogen and oxygen atoms in total. The van der Waals surface area contributed by atoms with Gasteiger partial charge in [0.15, 0.2) is 5.69 Å². The number of esters is 1. The number of aliphatic hydroxyl groups excluding tert-OH is 1. The van der Waals surface area contributed by atoms with Crippen molar-refractivity contribution in [1.82, 2.24) is 9.38 Å². The quantitative estimate of drug-likeness (QED) is 0.744. The van der Waals surface area contributed by atoms with E-state index in [4.69, 9.17) is 10.8 Å². The minimum Gasteiger partial charge on any atom is -0.464 e. The van der Waals surface area contributed by atoms with Crippen LogP contribution >= 0.6 is 0 Å². The molecule has 0 aliphatic heterocycles. The molecular weight excluding hydrogens is 222 g/mol. The van der Waals surface area contributed by atoms with Crippen LogP contribution in [0.5, 0.6) is 0 Å². The van der Waals surface area contributed by atoms with Gasteiger partial charge >= 0.3 is 5.97 Å². The number of carbonyl (C=O) groups is 1. The molecule has 0 aliphatic carbocycles. The Bertz CT molecular complexity index is 562. The number of hydrogen-bond acceptors (Lipinski definition) is 5. The number of pyridine rings is 1. The number of ether oxygens (including phenoxy) is 1. The molecule has 0 atom stereocenters. The highest BCUT2D eigenvalue weighted by Gasteiger charge is 2.17. The Morgan fingerprint density at radius 3 is 3.06 bits per heavy atom. The summed E-state index contributed by atoms with van der Waals surface area (Å²) in [5.74, 6) is 0.0835. The maximum atomic E-state index is 11.6. The largest absolute Gasteiger partial charge is 0.464 e. The third-order valence-corrected chi connectivity index (χ3v) is 2.45. The Hall–Kier alpha value is -2.08. The zero-order valence-corrected chi connectivity index (χ0v) is 9.38. The maximum Gasteiger partial charge on any atom is 0.358 e. The van der Waals surface area contributed by atoms with Gasteiger partial charge in [0, 0.05) is 18.3 Å². The van der Waals surface area contributed by atoms with Gasteiger partial charge in [-0.15, -0.1) is 0 Å². The Morgan fingerprint density at radius 1 is 1.65 bits per heavy atom. The Balaban J connectivity index is 2.66. The van der Waals surface area contributed by atoms with Crippen LogP contribution in [0.3, 0.4) is 0 Å². The lowest BCUT2D eigenvalue weighted by molar-refractivity contribution is 0.0596. The predicted molar refractivity (Wildman–Crippen MR) is 61.7 cm³/mol. The van der Waals surface area contributed by atoms with E-state index in [1.54, 1.807) is 22.7 Å². The molecule has 0 radical (unpaired) electrons. The molecule has 2 aromatic heterocycles. The Morgan fingerprint density at radius 2 is 2.41 bits per heavy atom. The lowest BCUT2D eigenvalue weighted by atomic mass is 10.3. The number of nitrogens with zero attached hydrogens (tertiary/aromatic N) is 2. The van der Waals surface area contributed by atoms with E-state index in [0.29, 0.717) is 23.4 Å². The third-order valence-electron chi connectivity index (χ3n) is 2.45. The first-order chi connectivity index (χ1) is 8.17. The van der Waals surface area contributed by atoms with Gasteiger partial charge in [-0.3, -0.25) is 0 Å². The monoisotopic (exact) mass is 235 g/mol. The van der Waals surface area contributed by atoms with Crippen molar-refractivity contribution in [2.75, 3.05) is 19.5 Å². The fourth-order valence-corrected chi connectivity index (χ4v) is 1.69. The van der Waals surface area contributed by atoms with Gasteiger partial charge < -0.3 is 20.0 Å². The van der Waals surface area contributed by atoms with Crippen molar-refractivity contribution in [1.29, 1.82) is 0 Å². The van der Waals surface area contributed by atoms with Crippen molar-refractivity contribution in [3.8, 4) is 0 Å². The summed E-state index contributed by atoms with van der Waals surface area (Å²) >= 11 is 0. The molecule has 2 rings (SSSR count). The number of methoxy groups -OCH3 is 1. The molecule has 3 N–H and O–H groups in total. The van der Waals surface area contributed by atoms with Crippen molar-refractivity contribution in [2.45, 2.75) is 6.42 Å². The molecular formula is C11H13N3O3. The average molecular weight is 235 g/mol. The number of hydrogen-bond donors (Lipinski definition) is 2. The maximum absolute atomic E-state index is 11.6. The average Bonchev–Trinajstić information content (AvgIpc) is 2.67. The summed E-state index contributed by atoms with van der Waals surface area (Å²) in [5.41, 5.74) is 7.01. The Kier molecular flexibility index (Phi) is 2.97. The summed E-state index contributed by atoms with van der Waals surface area (Å²) in [6.07, 6.45) is 2.08. The van der Waals surface area contributed by atoms with Crippen LogP contribution in [-0.4, -0.2) is 34.2 Å². The van der Waals surface area contributed by atoms with Gasteiger partial charge in [-0.2, -0.15) is 0 Å². The number of carbonyl (C=O) groups excluding carboxylic acids is 1. The zero-order valence-electron chi connectivity index (χ0n) is 9.38. The lowest BCUT2D eigenvalue weighted by Gasteiger charge is -2.00. The number of nitrogen functional groups attached to an aromatic ring is 1. The van der Waals surface area contributed by atoms with E-state index in [0.717, 1.165) is 0 Å². The van der Waals surface area contributed by atoms with E-state index in [-0.39, 0.29) is 12.3 Å². The highest BCUT2D eigenvalue weighted by Crippen LogP contribution is 2.17. The van der Waals surface area contributed by atoms with Crippen molar-refractivity contribution in [2.24, 2.45) is 0 Å². The molecule has 0 bridgehead atoms. The van der Waals surface area contributed by atoms with E-state index < -0.39 is 5.97 Å². The van der Waals surface area contributed by atoms with Crippen LogP contribution in [0.15, 0.2) is 18.3 Å². The summed E-state index contributed by atoms with van der Waals surface area (Å²) in [6.45, 7) is -0.0376. The van der Waals surface area contributed by atoms with Crippen LogP contribution in [0.4, 0.5) is 5.69 Å². The van der Waals surface area contributed by atoms with Gasteiger partial charge in [0.1, 0.15) is 5.82 Å². The summed E-state index contributed by atoms with van der Waals surface area (Å²) < 4.78 is 6.38. The molecule has 0 saturated carbocycles. The van der Waals surface area contributed by atoms with Crippen molar-refractivity contribution >= 4 is 17.2 Å². The summed E-state index contributed by atoms with van der Waals surface area (Å²) in [6, 6.07) is 3.36. The van der Waals surface area contributed by atoms with E-state index in [1.807, 2.05) is 0 Å². The highest BCUT2D eigenvalue weighted by molar-refractivity contribution is 5.95. The molecule has 0 fully saturated rings. The highest BCUT2D eigenvalue weighted by atomic mass is 16.5. The predicted octanol–water partition coefficient (Wildman–Crippen LogP) is 0.238. The van der Waals surface area contributed by atoms with E-state index in [9.17, 15) is 4.79 Å². The van der Waals surface area contributed by atoms with Crippen LogP contribution < -0.4 is 5.73 Å². The number of fused-ring (bicyclic) bond motifs is 1. The van der Waals surface area contributed by atoms with Crippen LogP contribution in [0.25, 0.3) is 5.52 Å². The normalized spacial score (nSPS) is 10.7. The molecule has 0 amide bonds. The van der Waals surface area contributed by atoms with Gasteiger partial charge in [0.05, 0.1) is 19.2 Å². The molecule has 2 heterocycles. The summed E-state index contributed by atoms with van der Waals surface area (Å²) in [5, 5.41) is 8.94. The van der Waals surface area contributed by atoms with Gasteiger partial charge in [0.25, 0.3) is 0 Å². The number of imidazole rings is 1. The molecule has 0 aromatic carbocycles. The summed E-state index contributed by atoms with van der Waals surface area (Å²) in [4.78, 5) is 15.7. The lowest BCUT2D eigenvalue weighted by Crippen LogP contribution is -2.02. The molecule has 2 aromatic rings. The van der Waals surface area contributed by atoms with Crippen molar-refractivity contribution in [3.63, 3.8) is 0 Å². The van der Waals surface area contributed by atoms with Crippen molar-refractivity contribution in [3.05, 3.63) is 29.8 Å².